The molecule has 0 bridgehead atoms. The van der Waals surface area contributed by atoms with E-state index in [0.29, 0.717) is 0 Å². The second-order valence-corrected chi connectivity index (χ2v) is 4.43. The number of hydrogen-bond acceptors (Lipinski definition) is 2. The third-order valence-electron chi connectivity index (χ3n) is 2.91. The molecule has 2 heteroatoms. The molecule has 1 heterocycles. The first-order valence-corrected chi connectivity index (χ1v) is 6.38. The largest absolute Gasteiger partial charge is 0.357 e. The fourth-order valence-electron chi connectivity index (χ4n) is 1.96. The molecule has 0 aromatic heterocycles. The lowest BCUT2D eigenvalue weighted by atomic mass is 10.2. The number of hydrogen-bond donors (Lipinski definition) is 0. The average molecular weight is 220 g/mol. The van der Waals surface area contributed by atoms with Crippen molar-refractivity contribution in [2.45, 2.75) is 46.0 Å². The van der Waals surface area contributed by atoms with E-state index in [1.165, 1.54) is 31.3 Å². The van der Waals surface area contributed by atoms with Crippen LogP contribution >= 0.6 is 0 Å². The Morgan fingerprint density at radius 1 is 1.25 bits per heavy atom. The van der Waals surface area contributed by atoms with Crippen LogP contribution < -0.4 is 0 Å². The fraction of sp³-hybridized carbons (Fsp3) is 0.643. The summed E-state index contributed by atoms with van der Waals surface area (Å²) in [5.74, 6) is 0.922. The zero-order valence-corrected chi connectivity index (χ0v) is 10.7. The predicted molar refractivity (Wildman–Crippen MR) is 71.7 cm³/mol. The van der Waals surface area contributed by atoms with Crippen molar-refractivity contribution < 1.29 is 0 Å². The van der Waals surface area contributed by atoms with Crippen molar-refractivity contribution >= 4 is 6.21 Å². The van der Waals surface area contributed by atoms with Gasteiger partial charge in [-0.3, -0.25) is 0 Å². The van der Waals surface area contributed by atoms with E-state index in [0.717, 1.165) is 25.3 Å². The fourth-order valence-corrected chi connectivity index (χ4v) is 1.96. The summed E-state index contributed by atoms with van der Waals surface area (Å²) in [5, 5.41) is 0. The summed E-state index contributed by atoms with van der Waals surface area (Å²) in [6, 6.07) is 0. The van der Waals surface area contributed by atoms with Gasteiger partial charge >= 0.3 is 0 Å². The summed E-state index contributed by atoms with van der Waals surface area (Å²) in [6.07, 6.45) is 10.4. The van der Waals surface area contributed by atoms with E-state index in [1.54, 1.807) is 0 Å². The molecular formula is C14H24N2. The minimum absolute atomic E-state index is 0.922. The maximum Gasteiger partial charge on any atom is 0.121 e. The van der Waals surface area contributed by atoms with E-state index in [4.69, 9.17) is 0 Å². The molecule has 1 fully saturated rings. The van der Waals surface area contributed by atoms with E-state index in [1.807, 2.05) is 6.21 Å². The average Bonchev–Trinajstić information content (AvgIpc) is 2.55. The van der Waals surface area contributed by atoms with Crippen molar-refractivity contribution in [3.8, 4) is 0 Å². The van der Waals surface area contributed by atoms with Crippen LogP contribution in [-0.2, 0) is 0 Å². The van der Waals surface area contributed by atoms with E-state index in [2.05, 4.69) is 36.4 Å². The van der Waals surface area contributed by atoms with Gasteiger partial charge in [0.05, 0.1) is 0 Å². The van der Waals surface area contributed by atoms with Gasteiger partial charge in [-0.25, -0.2) is 4.99 Å². The van der Waals surface area contributed by atoms with Gasteiger partial charge in [0.25, 0.3) is 0 Å². The normalized spacial score (nSPS) is 18.9. The lowest BCUT2D eigenvalue weighted by Crippen LogP contribution is -2.22. The van der Waals surface area contributed by atoms with Gasteiger partial charge in [-0.2, -0.15) is 0 Å². The Balaban J connectivity index is 2.47. The van der Waals surface area contributed by atoms with Crippen molar-refractivity contribution in [3.05, 3.63) is 24.0 Å². The van der Waals surface area contributed by atoms with Gasteiger partial charge in [0.2, 0.25) is 0 Å². The highest BCUT2D eigenvalue weighted by molar-refractivity contribution is 5.78. The summed E-state index contributed by atoms with van der Waals surface area (Å²) in [5.41, 5.74) is 1.22. The number of allylic oxidation sites excluding steroid dienone is 2. The van der Waals surface area contributed by atoms with Gasteiger partial charge in [-0.05, 0) is 31.8 Å². The SMILES string of the molecule is C=C(N=C/C(C)=C\CC)N1CCCCCC1. The van der Waals surface area contributed by atoms with Crippen LogP contribution in [0, 0.1) is 0 Å². The molecule has 1 saturated heterocycles. The Morgan fingerprint density at radius 3 is 2.44 bits per heavy atom. The van der Waals surface area contributed by atoms with Crippen LogP contribution in [0.25, 0.3) is 0 Å². The first-order chi connectivity index (χ1) is 7.74. The molecule has 1 aliphatic heterocycles. The van der Waals surface area contributed by atoms with Crippen LogP contribution in [-0.4, -0.2) is 24.2 Å². The second kappa shape index (κ2) is 7.26. The van der Waals surface area contributed by atoms with E-state index < -0.39 is 0 Å². The second-order valence-electron chi connectivity index (χ2n) is 4.43. The molecule has 0 saturated carbocycles. The van der Waals surface area contributed by atoms with Gasteiger partial charge in [0.15, 0.2) is 0 Å². The smallest absolute Gasteiger partial charge is 0.121 e. The number of rotatable bonds is 4. The highest BCUT2D eigenvalue weighted by Gasteiger charge is 2.09. The first-order valence-electron chi connectivity index (χ1n) is 6.38. The maximum absolute atomic E-state index is 4.45. The molecule has 2 nitrogen and oxygen atoms in total. The Bertz CT molecular complexity index is 268. The minimum atomic E-state index is 0.922. The molecule has 1 rings (SSSR count). The monoisotopic (exact) mass is 220 g/mol. The Hall–Kier alpha value is -1.05. The Morgan fingerprint density at radius 2 is 1.88 bits per heavy atom. The molecule has 0 atom stereocenters. The van der Waals surface area contributed by atoms with E-state index >= 15 is 0 Å². The number of nitrogens with zero attached hydrogens (tertiary/aromatic N) is 2. The molecule has 0 spiro atoms. The molecule has 0 amide bonds. The van der Waals surface area contributed by atoms with Crippen LogP contribution in [0.5, 0.6) is 0 Å². The zero-order chi connectivity index (χ0) is 11.8. The molecule has 0 N–H and O–H groups in total. The maximum atomic E-state index is 4.45. The van der Waals surface area contributed by atoms with Gasteiger partial charge < -0.3 is 4.90 Å². The first kappa shape index (κ1) is 13.0. The van der Waals surface area contributed by atoms with Crippen molar-refractivity contribution in [2.75, 3.05) is 13.1 Å². The molecular weight excluding hydrogens is 196 g/mol. The molecule has 1 aliphatic rings. The highest BCUT2D eigenvalue weighted by Crippen LogP contribution is 2.14. The molecule has 0 aliphatic carbocycles. The third kappa shape index (κ3) is 4.65. The zero-order valence-electron chi connectivity index (χ0n) is 10.7. The van der Waals surface area contributed by atoms with Crippen LogP contribution in [0.3, 0.4) is 0 Å². The van der Waals surface area contributed by atoms with Gasteiger partial charge in [-0.1, -0.05) is 32.4 Å². The van der Waals surface area contributed by atoms with Gasteiger partial charge in [0, 0.05) is 19.3 Å². The molecule has 0 radical (unpaired) electrons. The van der Waals surface area contributed by atoms with Crippen LogP contribution in [0.4, 0.5) is 0 Å². The standard InChI is InChI=1S/C14H24N2/c1-4-9-13(2)12-15-14(3)16-10-7-5-6-8-11-16/h9,12H,3-8,10-11H2,1-2H3/b13-9-,15-12?. The number of likely N-dealkylation sites (tertiary alicyclic amines) is 1. The number of aliphatic imine (C=N–C) groups is 1. The van der Waals surface area contributed by atoms with Crippen LogP contribution in [0.2, 0.25) is 0 Å². The van der Waals surface area contributed by atoms with Crippen LogP contribution in [0.1, 0.15) is 46.0 Å². The molecule has 0 aromatic rings. The van der Waals surface area contributed by atoms with Gasteiger partial charge in [-0.15, -0.1) is 0 Å². The van der Waals surface area contributed by atoms with E-state index in [9.17, 15) is 0 Å². The lowest BCUT2D eigenvalue weighted by Gasteiger charge is -2.21. The molecule has 0 aromatic carbocycles. The van der Waals surface area contributed by atoms with Crippen molar-refractivity contribution in [2.24, 2.45) is 4.99 Å². The highest BCUT2D eigenvalue weighted by atomic mass is 15.2. The summed E-state index contributed by atoms with van der Waals surface area (Å²) >= 11 is 0. The third-order valence-corrected chi connectivity index (χ3v) is 2.91. The summed E-state index contributed by atoms with van der Waals surface area (Å²) in [6.45, 7) is 10.5. The molecule has 90 valence electrons. The molecule has 0 unspecified atom stereocenters. The van der Waals surface area contributed by atoms with Crippen LogP contribution in [0.15, 0.2) is 29.0 Å². The van der Waals surface area contributed by atoms with Gasteiger partial charge in [0.1, 0.15) is 5.82 Å². The Labute approximate surface area is 99.8 Å². The summed E-state index contributed by atoms with van der Waals surface area (Å²) in [4.78, 5) is 6.75. The van der Waals surface area contributed by atoms with Crippen molar-refractivity contribution in [1.82, 2.24) is 4.90 Å². The predicted octanol–water partition coefficient (Wildman–Crippen LogP) is 3.76. The summed E-state index contributed by atoms with van der Waals surface area (Å²) in [7, 11) is 0. The Kier molecular flexibility index (Phi) is 5.91. The summed E-state index contributed by atoms with van der Waals surface area (Å²) < 4.78 is 0. The van der Waals surface area contributed by atoms with Crippen molar-refractivity contribution in [1.29, 1.82) is 0 Å². The van der Waals surface area contributed by atoms with Crippen molar-refractivity contribution in [3.63, 3.8) is 0 Å². The lowest BCUT2D eigenvalue weighted by molar-refractivity contribution is 0.357. The quantitative estimate of drug-likeness (QED) is 0.659. The minimum Gasteiger partial charge on any atom is -0.357 e. The van der Waals surface area contributed by atoms with E-state index in [-0.39, 0.29) is 0 Å². The molecule has 16 heavy (non-hydrogen) atoms. The topological polar surface area (TPSA) is 15.6 Å².